The fourth-order valence-corrected chi connectivity index (χ4v) is 2.30. The van der Waals surface area contributed by atoms with Crippen LogP contribution < -0.4 is 0 Å². The lowest BCUT2D eigenvalue weighted by atomic mass is 9.96. The molecule has 0 amide bonds. The summed E-state index contributed by atoms with van der Waals surface area (Å²) in [6.45, 7) is 0. The minimum absolute atomic E-state index is 0.134. The van der Waals surface area contributed by atoms with Crippen LogP contribution in [-0.2, 0) is 12.8 Å². The predicted octanol–water partition coefficient (Wildman–Crippen LogP) is 2.73. The summed E-state index contributed by atoms with van der Waals surface area (Å²) in [5, 5.41) is 0. The molecule has 0 atom stereocenters. The second-order valence-electron chi connectivity index (χ2n) is 4.73. The molecular weight excluding hydrogens is 243 g/mol. The Morgan fingerprint density at radius 1 is 1.16 bits per heavy atom. The predicted molar refractivity (Wildman–Crippen MR) is 68.5 cm³/mol. The van der Waals surface area contributed by atoms with Crippen molar-refractivity contribution in [2.45, 2.75) is 25.7 Å². The third-order valence-corrected chi connectivity index (χ3v) is 3.31. The largest absolute Gasteiger partial charge is 0.294 e. The lowest BCUT2D eigenvalue weighted by molar-refractivity contribution is 0.0971. The van der Waals surface area contributed by atoms with E-state index in [1.54, 1.807) is 18.3 Å². The highest BCUT2D eigenvalue weighted by Crippen LogP contribution is 2.19. The molecule has 2 aromatic rings. The number of nitrogens with zero attached hydrogens (tertiary/aromatic N) is 2. The summed E-state index contributed by atoms with van der Waals surface area (Å²) in [6.07, 6.45) is 4.47. The van der Waals surface area contributed by atoms with Crippen LogP contribution in [0.3, 0.4) is 0 Å². The lowest BCUT2D eigenvalue weighted by Crippen LogP contribution is -2.15. The molecule has 0 saturated heterocycles. The normalized spacial score (nSPS) is 14.3. The standard InChI is InChI=1S/C15H13FN2O/c16-11-6-4-10(5-7-11)8-15-17-9-12-13(18-15)2-1-3-14(12)19/h4-7,9H,1-3,8H2. The molecule has 0 saturated carbocycles. The van der Waals surface area contributed by atoms with E-state index in [0.29, 0.717) is 24.2 Å². The van der Waals surface area contributed by atoms with Crippen LogP contribution in [0.2, 0.25) is 0 Å². The number of fused-ring (bicyclic) bond motifs is 1. The molecule has 1 aromatic heterocycles. The van der Waals surface area contributed by atoms with Gasteiger partial charge in [-0.3, -0.25) is 4.79 Å². The number of carbonyl (C=O) groups is 1. The van der Waals surface area contributed by atoms with Crippen molar-refractivity contribution in [3.63, 3.8) is 0 Å². The van der Waals surface area contributed by atoms with Crippen LogP contribution in [0, 0.1) is 5.82 Å². The number of carbonyl (C=O) groups excluding carboxylic acids is 1. The molecule has 1 heterocycles. The van der Waals surface area contributed by atoms with Gasteiger partial charge in [-0.05, 0) is 30.5 Å². The average molecular weight is 256 g/mol. The molecular formula is C15H13FN2O. The van der Waals surface area contributed by atoms with Gasteiger partial charge in [-0.1, -0.05) is 12.1 Å². The van der Waals surface area contributed by atoms with Crippen molar-refractivity contribution in [3.05, 3.63) is 58.9 Å². The van der Waals surface area contributed by atoms with E-state index in [4.69, 9.17) is 0 Å². The number of aryl methyl sites for hydroxylation is 1. The van der Waals surface area contributed by atoms with Crippen LogP contribution >= 0.6 is 0 Å². The number of hydrogen-bond acceptors (Lipinski definition) is 3. The Labute approximate surface area is 110 Å². The zero-order chi connectivity index (χ0) is 13.2. The van der Waals surface area contributed by atoms with Gasteiger partial charge in [-0.25, -0.2) is 14.4 Å². The van der Waals surface area contributed by atoms with E-state index < -0.39 is 0 Å². The van der Waals surface area contributed by atoms with Crippen LogP contribution in [0.1, 0.15) is 40.3 Å². The summed E-state index contributed by atoms with van der Waals surface area (Å²) in [7, 11) is 0. The van der Waals surface area contributed by atoms with Crippen LogP contribution in [-0.4, -0.2) is 15.8 Å². The highest BCUT2D eigenvalue weighted by molar-refractivity contribution is 5.97. The highest BCUT2D eigenvalue weighted by atomic mass is 19.1. The van der Waals surface area contributed by atoms with E-state index >= 15 is 0 Å². The monoisotopic (exact) mass is 256 g/mol. The first-order valence-corrected chi connectivity index (χ1v) is 6.35. The summed E-state index contributed by atoms with van der Waals surface area (Å²) < 4.78 is 12.8. The van der Waals surface area contributed by atoms with Crippen molar-refractivity contribution in [2.24, 2.45) is 0 Å². The van der Waals surface area contributed by atoms with Crippen molar-refractivity contribution >= 4 is 5.78 Å². The Kier molecular flexibility index (Phi) is 3.07. The van der Waals surface area contributed by atoms with Gasteiger partial charge in [0.15, 0.2) is 5.78 Å². The number of rotatable bonds is 2. The maximum absolute atomic E-state index is 12.8. The van der Waals surface area contributed by atoms with E-state index in [0.717, 1.165) is 24.1 Å². The minimum Gasteiger partial charge on any atom is -0.294 e. The Morgan fingerprint density at radius 3 is 2.74 bits per heavy atom. The topological polar surface area (TPSA) is 42.9 Å². The zero-order valence-electron chi connectivity index (χ0n) is 10.4. The molecule has 1 aliphatic carbocycles. The first-order chi connectivity index (χ1) is 9.22. The number of halogens is 1. The van der Waals surface area contributed by atoms with Gasteiger partial charge < -0.3 is 0 Å². The van der Waals surface area contributed by atoms with Gasteiger partial charge in [-0.2, -0.15) is 0 Å². The Bertz CT molecular complexity index is 623. The van der Waals surface area contributed by atoms with E-state index in [1.165, 1.54) is 12.1 Å². The van der Waals surface area contributed by atoms with E-state index in [2.05, 4.69) is 9.97 Å². The molecule has 1 aromatic carbocycles. The molecule has 0 aliphatic heterocycles. The number of aromatic nitrogens is 2. The SMILES string of the molecule is O=C1CCCc2nc(Cc3ccc(F)cc3)ncc21. The maximum Gasteiger partial charge on any atom is 0.166 e. The van der Waals surface area contributed by atoms with Crippen LogP contribution in [0.15, 0.2) is 30.5 Å². The molecule has 96 valence electrons. The summed E-state index contributed by atoms with van der Waals surface area (Å²) in [5.74, 6) is 0.565. The van der Waals surface area contributed by atoms with E-state index in [-0.39, 0.29) is 11.6 Å². The van der Waals surface area contributed by atoms with Crippen molar-refractivity contribution in [2.75, 3.05) is 0 Å². The first-order valence-electron chi connectivity index (χ1n) is 6.35. The van der Waals surface area contributed by atoms with Crippen LogP contribution in [0.5, 0.6) is 0 Å². The molecule has 0 bridgehead atoms. The summed E-state index contributed by atoms with van der Waals surface area (Å²) in [6, 6.07) is 6.31. The molecule has 0 N–H and O–H groups in total. The quantitative estimate of drug-likeness (QED) is 0.829. The Hall–Kier alpha value is -2.10. The fourth-order valence-electron chi connectivity index (χ4n) is 2.30. The van der Waals surface area contributed by atoms with Gasteiger partial charge in [0.05, 0.1) is 11.3 Å². The number of hydrogen-bond donors (Lipinski definition) is 0. The van der Waals surface area contributed by atoms with Crippen LogP contribution in [0.25, 0.3) is 0 Å². The Morgan fingerprint density at radius 2 is 1.95 bits per heavy atom. The average Bonchev–Trinajstić information content (AvgIpc) is 2.42. The molecule has 1 aliphatic rings. The van der Waals surface area contributed by atoms with Crippen molar-refractivity contribution in [3.8, 4) is 0 Å². The maximum atomic E-state index is 12.8. The highest BCUT2D eigenvalue weighted by Gasteiger charge is 2.19. The molecule has 0 radical (unpaired) electrons. The fraction of sp³-hybridized carbons (Fsp3) is 0.267. The molecule has 0 spiro atoms. The minimum atomic E-state index is -0.249. The van der Waals surface area contributed by atoms with Gasteiger partial charge in [0.25, 0.3) is 0 Å². The molecule has 3 nitrogen and oxygen atoms in total. The summed E-state index contributed by atoms with van der Waals surface area (Å²) in [4.78, 5) is 20.4. The van der Waals surface area contributed by atoms with Crippen molar-refractivity contribution in [1.82, 2.24) is 9.97 Å². The third-order valence-electron chi connectivity index (χ3n) is 3.31. The summed E-state index contributed by atoms with van der Waals surface area (Å²) in [5.41, 5.74) is 2.47. The van der Waals surface area contributed by atoms with Crippen LogP contribution in [0.4, 0.5) is 4.39 Å². The molecule has 4 heteroatoms. The molecule has 0 fully saturated rings. The van der Waals surface area contributed by atoms with Crippen molar-refractivity contribution in [1.29, 1.82) is 0 Å². The molecule has 0 unspecified atom stereocenters. The zero-order valence-corrected chi connectivity index (χ0v) is 10.4. The van der Waals surface area contributed by atoms with E-state index in [1.807, 2.05) is 0 Å². The lowest BCUT2D eigenvalue weighted by Gasteiger charge is -2.13. The van der Waals surface area contributed by atoms with E-state index in [9.17, 15) is 9.18 Å². The Balaban J connectivity index is 1.86. The van der Waals surface area contributed by atoms with Gasteiger partial charge in [0.2, 0.25) is 0 Å². The summed E-state index contributed by atoms with van der Waals surface area (Å²) >= 11 is 0. The first kappa shape index (κ1) is 12.0. The van der Waals surface area contributed by atoms with Crippen molar-refractivity contribution < 1.29 is 9.18 Å². The third kappa shape index (κ3) is 2.52. The van der Waals surface area contributed by atoms with Gasteiger partial charge in [-0.15, -0.1) is 0 Å². The number of Topliss-reactive ketones (excluding diaryl/α,β-unsaturated/α-hetero) is 1. The smallest absolute Gasteiger partial charge is 0.166 e. The van der Waals surface area contributed by atoms with Gasteiger partial charge in [0, 0.05) is 19.0 Å². The number of ketones is 1. The molecule has 3 rings (SSSR count). The second kappa shape index (κ2) is 4.88. The van der Waals surface area contributed by atoms with Gasteiger partial charge in [0.1, 0.15) is 11.6 Å². The number of benzene rings is 1. The van der Waals surface area contributed by atoms with Gasteiger partial charge >= 0.3 is 0 Å². The second-order valence-corrected chi connectivity index (χ2v) is 4.73. The molecule has 19 heavy (non-hydrogen) atoms.